The molecule has 6 nitrogen and oxygen atoms in total. The number of rotatable bonds is 4. The number of fused-ring (bicyclic) bond motifs is 1. The van der Waals surface area contributed by atoms with Gasteiger partial charge in [-0.15, -0.1) is 10.2 Å². The minimum Gasteiger partial charge on any atom is -0.349 e. The molecule has 1 amide bonds. The third kappa shape index (κ3) is 3.65. The molecule has 0 aliphatic carbocycles. The van der Waals surface area contributed by atoms with Gasteiger partial charge >= 0.3 is 6.18 Å². The molecule has 24 heavy (non-hydrogen) atoms. The van der Waals surface area contributed by atoms with E-state index in [1.165, 1.54) is 0 Å². The lowest BCUT2D eigenvalue weighted by Gasteiger charge is -2.03. The number of benzene rings is 1. The van der Waals surface area contributed by atoms with Crippen LogP contribution < -0.4 is 5.32 Å². The summed E-state index contributed by atoms with van der Waals surface area (Å²) in [7, 11) is 0. The fraction of sp³-hybridized carbons (Fsp3) is 0.231. The topological polar surface area (TPSA) is 72.2 Å². The number of halogens is 4. The zero-order valence-corrected chi connectivity index (χ0v) is 13.4. The molecule has 0 unspecified atom stereocenters. The fourth-order valence-electron chi connectivity index (χ4n) is 1.93. The van der Waals surface area contributed by atoms with Gasteiger partial charge in [0.25, 0.3) is 5.82 Å². The Labute approximate surface area is 142 Å². The van der Waals surface area contributed by atoms with E-state index in [2.05, 4.69) is 20.6 Å². The number of hydrogen-bond donors (Lipinski definition) is 1. The predicted molar refractivity (Wildman–Crippen MR) is 80.7 cm³/mol. The number of hydrogen-bond acceptors (Lipinski definition) is 5. The molecule has 0 aliphatic heterocycles. The molecule has 0 spiro atoms. The summed E-state index contributed by atoms with van der Waals surface area (Å²) in [6.45, 7) is 0.0117. The first kappa shape index (κ1) is 16.7. The lowest BCUT2D eigenvalue weighted by Crippen LogP contribution is -2.24. The van der Waals surface area contributed by atoms with Gasteiger partial charge in [-0.25, -0.2) is 0 Å². The smallest absolute Gasteiger partial charge is 0.349 e. The van der Waals surface area contributed by atoms with E-state index in [0.717, 1.165) is 16.9 Å². The van der Waals surface area contributed by atoms with Crippen molar-refractivity contribution in [3.63, 3.8) is 0 Å². The van der Waals surface area contributed by atoms with Crippen LogP contribution in [0, 0.1) is 0 Å². The van der Waals surface area contributed by atoms with Crippen molar-refractivity contribution < 1.29 is 18.0 Å². The van der Waals surface area contributed by atoms with Gasteiger partial charge in [0.2, 0.25) is 10.9 Å². The normalized spacial score (nSPS) is 11.8. The summed E-state index contributed by atoms with van der Waals surface area (Å²) in [5, 5.41) is 13.8. The van der Waals surface area contributed by atoms with Crippen LogP contribution in [0.25, 0.3) is 4.96 Å². The zero-order chi connectivity index (χ0) is 17.3. The van der Waals surface area contributed by atoms with Crippen molar-refractivity contribution in [3.8, 4) is 0 Å². The van der Waals surface area contributed by atoms with Gasteiger partial charge in [-0.3, -0.25) is 4.79 Å². The van der Waals surface area contributed by atoms with E-state index < -0.39 is 12.0 Å². The monoisotopic (exact) mass is 375 g/mol. The summed E-state index contributed by atoms with van der Waals surface area (Å²) in [5.74, 6) is -1.47. The van der Waals surface area contributed by atoms with Gasteiger partial charge in [0.15, 0.2) is 0 Å². The van der Waals surface area contributed by atoms with Crippen molar-refractivity contribution in [3.05, 3.63) is 45.7 Å². The van der Waals surface area contributed by atoms with Crippen molar-refractivity contribution in [2.75, 3.05) is 0 Å². The summed E-state index contributed by atoms with van der Waals surface area (Å²) in [5.41, 5.74) is 0.773. The van der Waals surface area contributed by atoms with E-state index in [1.54, 1.807) is 24.3 Å². The molecule has 0 saturated heterocycles. The molecule has 0 radical (unpaired) electrons. The molecule has 0 bridgehead atoms. The van der Waals surface area contributed by atoms with Crippen LogP contribution in [0.1, 0.15) is 16.4 Å². The van der Waals surface area contributed by atoms with Gasteiger partial charge < -0.3 is 5.32 Å². The van der Waals surface area contributed by atoms with Crippen molar-refractivity contribution in [2.24, 2.45) is 0 Å². The Morgan fingerprint density at radius 3 is 2.62 bits per heavy atom. The third-order valence-corrected chi connectivity index (χ3v) is 4.15. The Kier molecular flexibility index (Phi) is 4.41. The van der Waals surface area contributed by atoms with Crippen LogP contribution in [-0.4, -0.2) is 25.7 Å². The van der Waals surface area contributed by atoms with Crippen LogP contribution in [0.2, 0.25) is 5.02 Å². The molecule has 0 fully saturated rings. The van der Waals surface area contributed by atoms with E-state index in [-0.39, 0.29) is 23.8 Å². The van der Waals surface area contributed by atoms with Gasteiger partial charge in [-0.05, 0) is 17.7 Å². The Morgan fingerprint density at radius 1 is 1.25 bits per heavy atom. The van der Waals surface area contributed by atoms with Gasteiger partial charge in [-0.2, -0.15) is 22.8 Å². The van der Waals surface area contributed by atoms with Gasteiger partial charge in [0.1, 0.15) is 5.01 Å². The molecular formula is C13H9ClF3N5OS. The molecular weight excluding hydrogens is 367 g/mol. The van der Waals surface area contributed by atoms with Crippen LogP contribution in [-0.2, 0) is 23.9 Å². The van der Waals surface area contributed by atoms with Crippen molar-refractivity contribution >= 4 is 33.8 Å². The number of nitrogens with one attached hydrogen (secondary N) is 1. The highest BCUT2D eigenvalue weighted by molar-refractivity contribution is 7.16. The molecule has 2 aromatic heterocycles. The maximum Gasteiger partial charge on any atom is 0.453 e. The molecule has 0 saturated carbocycles. The van der Waals surface area contributed by atoms with E-state index in [0.29, 0.717) is 14.5 Å². The minimum absolute atomic E-state index is 0.0117. The highest BCUT2D eigenvalue weighted by Crippen LogP contribution is 2.28. The molecule has 0 aliphatic rings. The maximum absolute atomic E-state index is 12.7. The first-order valence-corrected chi connectivity index (χ1v) is 7.82. The van der Waals surface area contributed by atoms with Crippen LogP contribution in [0.15, 0.2) is 24.3 Å². The summed E-state index contributed by atoms with van der Waals surface area (Å²) >= 11 is 6.69. The Bertz CT molecular complexity index is 874. The number of amides is 1. The number of carbonyl (C=O) groups is 1. The van der Waals surface area contributed by atoms with E-state index in [4.69, 9.17) is 11.6 Å². The van der Waals surface area contributed by atoms with Gasteiger partial charge in [0, 0.05) is 5.02 Å². The van der Waals surface area contributed by atoms with Crippen LogP contribution >= 0.6 is 22.9 Å². The molecule has 2 heterocycles. The van der Waals surface area contributed by atoms with E-state index in [9.17, 15) is 18.0 Å². The van der Waals surface area contributed by atoms with Crippen LogP contribution in [0.4, 0.5) is 13.2 Å². The summed E-state index contributed by atoms with van der Waals surface area (Å²) < 4.78 is 38.8. The molecule has 11 heteroatoms. The highest BCUT2D eigenvalue weighted by atomic mass is 35.5. The number of alkyl halides is 3. The largest absolute Gasteiger partial charge is 0.453 e. The standard InChI is InChI=1S/C13H9ClF3N5OS/c14-8-3-1-7(2-4-8)5-9(23)18-6-10-21-22-11(13(15,16)17)19-20-12(22)24-10/h1-4H,5-6H2,(H,18,23). The second-order valence-corrected chi connectivity index (χ2v) is 6.27. The van der Waals surface area contributed by atoms with Crippen LogP contribution in [0.5, 0.6) is 0 Å². The second-order valence-electron chi connectivity index (χ2n) is 4.79. The summed E-state index contributed by atoms with van der Waals surface area (Å²) in [6.07, 6.45) is -4.50. The summed E-state index contributed by atoms with van der Waals surface area (Å²) in [4.78, 5) is 11.9. The Balaban J connectivity index is 1.64. The lowest BCUT2D eigenvalue weighted by atomic mass is 10.1. The van der Waals surface area contributed by atoms with Crippen molar-refractivity contribution in [1.29, 1.82) is 0 Å². The number of carbonyl (C=O) groups excluding carboxylic acids is 1. The zero-order valence-electron chi connectivity index (χ0n) is 11.8. The Morgan fingerprint density at radius 2 is 1.96 bits per heavy atom. The van der Waals surface area contributed by atoms with E-state index >= 15 is 0 Å². The number of aromatic nitrogens is 4. The molecule has 1 aromatic carbocycles. The van der Waals surface area contributed by atoms with Gasteiger partial charge in [0.05, 0.1) is 13.0 Å². The third-order valence-electron chi connectivity index (χ3n) is 3.00. The Hall–Kier alpha value is -2.20. The average Bonchev–Trinajstić information content (AvgIpc) is 3.06. The molecule has 126 valence electrons. The minimum atomic E-state index is -4.64. The van der Waals surface area contributed by atoms with Crippen LogP contribution in [0.3, 0.4) is 0 Å². The SMILES string of the molecule is O=C(Cc1ccc(Cl)cc1)NCc1nn2c(C(F)(F)F)nnc2s1. The molecule has 0 atom stereocenters. The predicted octanol–water partition coefficient (Wildman–Crippen LogP) is 2.72. The summed E-state index contributed by atoms with van der Waals surface area (Å²) in [6, 6.07) is 6.79. The number of nitrogens with zero attached hydrogens (tertiary/aromatic N) is 4. The molecule has 3 rings (SSSR count). The maximum atomic E-state index is 12.7. The first-order chi connectivity index (χ1) is 11.3. The quantitative estimate of drug-likeness (QED) is 0.761. The van der Waals surface area contributed by atoms with Crippen molar-refractivity contribution in [2.45, 2.75) is 19.1 Å². The molecule has 1 N–H and O–H groups in total. The first-order valence-electron chi connectivity index (χ1n) is 6.62. The van der Waals surface area contributed by atoms with Gasteiger partial charge in [-0.1, -0.05) is 35.1 Å². The molecule has 3 aromatic rings. The lowest BCUT2D eigenvalue weighted by molar-refractivity contribution is -0.146. The highest BCUT2D eigenvalue weighted by Gasteiger charge is 2.38. The fourth-order valence-corrected chi connectivity index (χ4v) is 2.83. The average molecular weight is 376 g/mol. The second kappa shape index (κ2) is 6.36. The van der Waals surface area contributed by atoms with E-state index in [1.807, 2.05) is 0 Å². The van der Waals surface area contributed by atoms with Crippen molar-refractivity contribution in [1.82, 2.24) is 25.1 Å².